The predicted octanol–water partition coefficient (Wildman–Crippen LogP) is 4.04. The third-order valence-electron chi connectivity index (χ3n) is 5.15. The van der Waals surface area contributed by atoms with E-state index in [-0.39, 0.29) is 33.7 Å². The average molecular weight is 532 g/mol. The highest BCUT2D eigenvalue weighted by molar-refractivity contribution is 7.99. The van der Waals surface area contributed by atoms with E-state index in [1.54, 1.807) is 18.4 Å². The van der Waals surface area contributed by atoms with Gasteiger partial charge in [-0.15, -0.1) is 21.5 Å². The summed E-state index contributed by atoms with van der Waals surface area (Å²) >= 11 is 2.15. The van der Waals surface area contributed by atoms with Gasteiger partial charge in [-0.3, -0.25) is 9.59 Å². The van der Waals surface area contributed by atoms with Crippen molar-refractivity contribution in [3.8, 4) is 17.1 Å². The number of aromatic nitrogens is 3. The molecule has 2 amide bonds. The number of benzene rings is 1. The Morgan fingerprint density at radius 3 is 2.53 bits per heavy atom. The summed E-state index contributed by atoms with van der Waals surface area (Å²) in [5.41, 5.74) is 6.81. The molecule has 2 aromatic heterocycles. The molecule has 0 spiro atoms. The molecule has 192 valence electrons. The molecule has 36 heavy (non-hydrogen) atoms. The van der Waals surface area contributed by atoms with Gasteiger partial charge in [-0.05, 0) is 50.1 Å². The van der Waals surface area contributed by atoms with Gasteiger partial charge in [-0.2, -0.15) is 0 Å². The van der Waals surface area contributed by atoms with Crippen LogP contribution in [-0.4, -0.2) is 51.5 Å². The molecule has 0 bridgehead atoms. The Hall–Kier alpha value is -3.38. The topological polar surface area (TPSA) is 138 Å². The summed E-state index contributed by atoms with van der Waals surface area (Å²) in [7, 11) is 1.82. The number of carbonyl (C=O) groups excluding carboxylic acids is 3. The molecule has 0 fully saturated rings. The lowest BCUT2D eigenvalue weighted by molar-refractivity contribution is -0.113. The highest BCUT2D eigenvalue weighted by Gasteiger charge is 2.26. The minimum absolute atomic E-state index is 0.0152. The van der Waals surface area contributed by atoms with Crippen molar-refractivity contribution < 1.29 is 23.9 Å². The first kappa shape index (κ1) is 27.2. The maximum Gasteiger partial charge on any atom is 0.341 e. The van der Waals surface area contributed by atoms with E-state index in [1.807, 2.05) is 31.3 Å². The Morgan fingerprint density at radius 2 is 1.89 bits per heavy atom. The fraction of sp³-hybridized carbons (Fsp3) is 0.375. The summed E-state index contributed by atoms with van der Waals surface area (Å²) in [6.07, 6.45) is 2.07. The molecular weight excluding hydrogens is 502 g/mol. The van der Waals surface area contributed by atoms with Crippen molar-refractivity contribution in [2.45, 2.75) is 38.8 Å². The van der Waals surface area contributed by atoms with Gasteiger partial charge >= 0.3 is 5.97 Å². The molecule has 0 aliphatic rings. The Bertz CT molecular complexity index is 1240. The standard InChI is InChI=1S/C24H29N5O5S2/c1-5-7-12-34-16-10-8-15(9-11-16)21-27-28-24(29(21)4)35-13-17(30)26-22-18(23(32)33-6-2)14(3)19(36-22)20(25)31/h8-11H,5-7,12-13H2,1-4H3,(H2,25,31)(H,26,30). The van der Waals surface area contributed by atoms with Crippen LogP contribution in [0.15, 0.2) is 29.4 Å². The van der Waals surface area contributed by atoms with Gasteiger partial charge in [0.2, 0.25) is 5.91 Å². The zero-order valence-corrected chi connectivity index (χ0v) is 22.3. The quantitative estimate of drug-likeness (QED) is 0.203. The van der Waals surface area contributed by atoms with Gasteiger partial charge in [0.1, 0.15) is 10.8 Å². The molecule has 0 aliphatic carbocycles. The van der Waals surface area contributed by atoms with E-state index in [0.29, 0.717) is 23.2 Å². The van der Waals surface area contributed by atoms with Crippen LogP contribution in [0.25, 0.3) is 11.4 Å². The van der Waals surface area contributed by atoms with E-state index in [4.69, 9.17) is 15.2 Å². The fourth-order valence-electron chi connectivity index (χ4n) is 3.30. The summed E-state index contributed by atoms with van der Waals surface area (Å²) in [6, 6.07) is 7.62. The van der Waals surface area contributed by atoms with E-state index in [9.17, 15) is 14.4 Å². The summed E-state index contributed by atoms with van der Waals surface area (Å²) in [4.78, 5) is 37.0. The SMILES string of the molecule is CCCCOc1ccc(-c2nnc(SCC(=O)Nc3sc(C(N)=O)c(C)c3C(=O)OCC)n2C)cc1. The van der Waals surface area contributed by atoms with Gasteiger partial charge in [0.15, 0.2) is 11.0 Å². The highest BCUT2D eigenvalue weighted by Crippen LogP contribution is 2.34. The van der Waals surface area contributed by atoms with Crippen molar-refractivity contribution in [1.29, 1.82) is 0 Å². The molecule has 0 aliphatic heterocycles. The molecule has 1 aromatic carbocycles. The van der Waals surface area contributed by atoms with E-state index in [2.05, 4.69) is 22.4 Å². The smallest absolute Gasteiger partial charge is 0.341 e. The van der Waals surface area contributed by atoms with E-state index in [0.717, 1.165) is 35.5 Å². The second kappa shape index (κ2) is 12.5. The van der Waals surface area contributed by atoms with Crippen molar-refractivity contribution in [2.24, 2.45) is 12.8 Å². The number of anilines is 1. The molecule has 3 aromatic rings. The summed E-state index contributed by atoms with van der Waals surface area (Å²) in [5, 5.41) is 11.9. The monoisotopic (exact) mass is 531 g/mol. The van der Waals surface area contributed by atoms with Crippen LogP contribution in [0, 0.1) is 6.92 Å². The number of primary amides is 1. The first-order chi connectivity index (χ1) is 17.3. The first-order valence-corrected chi connectivity index (χ1v) is 13.2. The van der Waals surface area contributed by atoms with Crippen LogP contribution in [0.3, 0.4) is 0 Å². The molecule has 0 atom stereocenters. The normalized spacial score (nSPS) is 10.8. The number of thioether (sulfide) groups is 1. The van der Waals surface area contributed by atoms with Crippen LogP contribution in [-0.2, 0) is 16.6 Å². The number of thiophene rings is 1. The van der Waals surface area contributed by atoms with Gasteiger partial charge < -0.3 is 25.1 Å². The minimum atomic E-state index is -0.676. The van der Waals surface area contributed by atoms with Gasteiger partial charge in [0.25, 0.3) is 5.91 Å². The molecular formula is C24H29N5O5S2. The maximum absolute atomic E-state index is 12.7. The van der Waals surface area contributed by atoms with Crippen molar-refractivity contribution in [3.05, 3.63) is 40.3 Å². The Labute approximate surface area is 217 Å². The molecule has 0 radical (unpaired) electrons. The third-order valence-corrected chi connectivity index (χ3v) is 7.39. The van der Waals surface area contributed by atoms with E-state index < -0.39 is 11.9 Å². The zero-order chi connectivity index (χ0) is 26.2. The number of hydrogen-bond donors (Lipinski definition) is 2. The molecule has 2 heterocycles. The Morgan fingerprint density at radius 1 is 1.17 bits per heavy atom. The first-order valence-electron chi connectivity index (χ1n) is 11.4. The Kier molecular flexibility index (Phi) is 9.48. The summed E-state index contributed by atoms with van der Waals surface area (Å²) in [6.45, 7) is 6.22. The van der Waals surface area contributed by atoms with Gasteiger partial charge in [0, 0.05) is 12.6 Å². The molecule has 3 rings (SSSR count). The number of hydrogen-bond acceptors (Lipinski definition) is 9. The van der Waals surface area contributed by atoms with Crippen molar-refractivity contribution in [1.82, 2.24) is 14.8 Å². The number of carbonyl (C=O) groups is 3. The number of nitrogens with one attached hydrogen (secondary N) is 1. The number of nitrogens with two attached hydrogens (primary N) is 1. The molecule has 3 N–H and O–H groups in total. The maximum atomic E-state index is 12.7. The van der Waals surface area contributed by atoms with Gasteiger partial charge in [-0.25, -0.2) is 4.79 Å². The number of esters is 1. The molecule has 0 saturated heterocycles. The van der Waals surface area contributed by atoms with Crippen LogP contribution >= 0.6 is 23.1 Å². The predicted molar refractivity (Wildman–Crippen MR) is 140 cm³/mol. The molecule has 0 unspecified atom stereocenters. The molecule has 10 nitrogen and oxygen atoms in total. The fourth-order valence-corrected chi connectivity index (χ4v) is 5.08. The van der Waals surface area contributed by atoms with E-state index in [1.165, 1.54) is 11.8 Å². The van der Waals surface area contributed by atoms with Gasteiger partial charge in [-0.1, -0.05) is 25.1 Å². The lowest BCUT2D eigenvalue weighted by atomic mass is 10.1. The largest absolute Gasteiger partial charge is 0.494 e. The zero-order valence-electron chi connectivity index (χ0n) is 20.6. The van der Waals surface area contributed by atoms with Crippen molar-refractivity contribution >= 4 is 45.9 Å². The van der Waals surface area contributed by atoms with Crippen LogP contribution in [0.5, 0.6) is 5.75 Å². The Balaban J connectivity index is 1.67. The average Bonchev–Trinajstić information content (AvgIpc) is 3.37. The number of ether oxygens (including phenoxy) is 2. The lowest BCUT2D eigenvalue weighted by Gasteiger charge is -2.08. The van der Waals surface area contributed by atoms with Gasteiger partial charge in [0.05, 0.1) is 29.4 Å². The van der Waals surface area contributed by atoms with Crippen LogP contribution in [0.4, 0.5) is 5.00 Å². The minimum Gasteiger partial charge on any atom is -0.494 e. The lowest BCUT2D eigenvalue weighted by Crippen LogP contribution is -2.17. The van der Waals surface area contributed by atoms with Crippen LogP contribution in [0.2, 0.25) is 0 Å². The second-order valence-corrected chi connectivity index (χ2v) is 9.74. The summed E-state index contributed by atoms with van der Waals surface area (Å²) < 4.78 is 12.6. The molecule has 12 heteroatoms. The number of rotatable bonds is 12. The number of nitrogens with zero attached hydrogens (tertiary/aromatic N) is 3. The van der Waals surface area contributed by atoms with Crippen LogP contribution in [0.1, 0.15) is 52.3 Å². The van der Waals surface area contributed by atoms with E-state index >= 15 is 0 Å². The highest BCUT2D eigenvalue weighted by atomic mass is 32.2. The van der Waals surface area contributed by atoms with Crippen molar-refractivity contribution in [3.63, 3.8) is 0 Å². The second-order valence-electron chi connectivity index (χ2n) is 7.77. The van der Waals surface area contributed by atoms with Crippen molar-refractivity contribution in [2.75, 3.05) is 24.3 Å². The number of unbranched alkanes of at least 4 members (excludes halogenated alkanes) is 1. The number of amides is 2. The summed E-state index contributed by atoms with van der Waals surface area (Å²) in [5.74, 6) is -0.206. The third kappa shape index (κ3) is 6.43. The van der Waals surface area contributed by atoms with Crippen LogP contribution < -0.4 is 15.8 Å². The molecule has 0 saturated carbocycles.